The van der Waals surface area contributed by atoms with Gasteiger partial charge in [-0.25, -0.2) is 4.79 Å². The van der Waals surface area contributed by atoms with Gasteiger partial charge in [-0.1, -0.05) is 48.5 Å². The molecule has 0 heterocycles. The summed E-state index contributed by atoms with van der Waals surface area (Å²) in [6, 6.07) is 4.74. The minimum atomic E-state index is -1.21. The third-order valence-corrected chi connectivity index (χ3v) is 4.29. The minimum absolute atomic E-state index is 0.127. The van der Waals surface area contributed by atoms with Crippen molar-refractivity contribution in [3.05, 3.63) is 33.8 Å². The van der Waals surface area contributed by atoms with E-state index in [1.807, 2.05) is 0 Å². The molecule has 1 aromatic carbocycles. The quantitative estimate of drug-likeness (QED) is 0.897. The Hall–Kier alpha value is -1.26. The zero-order valence-corrected chi connectivity index (χ0v) is 12.3. The van der Waals surface area contributed by atoms with Gasteiger partial charge in [0.2, 0.25) is 0 Å². The Morgan fingerprint density at radius 3 is 2.15 bits per heavy atom. The lowest BCUT2D eigenvalue weighted by Gasteiger charge is -2.34. The van der Waals surface area contributed by atoms with Gasteiger partial charge in [0.05, 0.1) is 15.6 Å². The topological polar surface area (TPSA) is 66.4 Å². The second-order valence-corrected chi connectivity index (χ2v) is 5.81. The average molecular weight is 316 g/mol. The number of carboxylic acid groups (broad SMARTS) is 1. The van der Waals surface area contributed by atoms with E-state index in [-0.39, 0.29) is 15.6 Å². The van der Waals surface area contributed by atoms with E-state index in [0.717, 1.165) is 19.3 Å². The Morgan fingerprint density at radius 2 is 1.65 bits per heavy atom. The molecule has 0 radical (unpaired) electrons. The number of hydrogen-bond donors (Lipinski definition) is 2. The second kappa shape index (κ2) is 6.02. The summed E-state index contributed by atoms with van der Waals surface area (Å²) in [5, 5.41) is 12.5. The fourth-order valence-electron chi connectivity index (χ4n) is 2.54. The van der Waals surface area contributed by atoms with Gasteiger partial charge in [0, 0.05) is 0 Å². The zero-order chi connectivity index (χ0) is 14.8. The van der Waals surface area contributed by atoms with Crippen LogP contribution in [0.2, 0.25) is 10.0 Å². The predicted molar refractivity (Wildman–Crippen MR) is 77.4 cm³/mol. The van der Waals surface area contributed by atoms with Crippen molar-refractivity contribution < 1.29 is 14.7 Å². The lowest BCUT2D eigenvalue weighted by molar-refractivity contribution is -0.145. The maximum atomic E-state index is 12.3. The van der Waals surface area contributed by atoms with E-state index in [1.165, 1.54) is 0 Å². The number of benzene rings is 1. The van der Waals surface area contributed by atoms with Crippen molar-refractivity contribution in [2.45, 2.75) is 37.6 Å². The number of aliphatic carboxylic acids is 1. The Labute approximate surface area is 127 Å². The number of rotatable bonds is 3. The van der Waals surface area contributed by atoms with Crippen molar-refractivity contribution in [1.82, 2.24) is 5.32 Å². The molecule has 1 saturated carbocycles. The fraction of sp³-hybridized carbons (Fsp3) is 0.429. The molecule has 6 heteroatoms. The van der Waals surface area contributed by atoms with Crippen molar-refractivity contribution >= 4 is 35.1 Å². The molecule has 0 unspecified atom stereocenters. The van der Waals surface area contributed by atoms with Crippen molar-refractivity contribution in [2.75, 3.05) is 0 Å². The number of nitrogens with one attached hydrogen (secondary N) is 1. The molecule has 1 amide bonds. The van der Waals surface area contributed by atoms with Gasteiger partial charge >= 0.3 is 5.97 Å². The van der Waals surface area contributed by atoms with Crippen LogP contribution in [0.5, 0.6) is 0 Å². The summed E-state index contributed by atoms with van der Waals surface area (Å²) in [6.07, 6.45) is 3.40. The molecule has 1 aliphatic rings. The van der Waals surface area contributed by atoms with Gasteiger partial charge in [-0.3, -0.25) is 4.79 Å². The lowest BCUT2D eigenvalue weighted by atomic mass is 9.81. The van der Waals surface area contributed by atoms with Crippen LogP contribution in [0.1, 0.15) is 42.5 Å². The summed E-state index contributed by atoms with van der Waals surface area (Å²) >= 11 is 11.9. The monoisotopic (exact) mass is 315 g/mol. The van der Waals surface area contributed by atoms with Crippen molar-refractivity contribution in [2.24, 2.45) is 0 Å². The minimum Gasteiger partial charge on any atom is -0.480 e. The van der Waals surface area contributed by atoms with Crippen LogP contribution in [0.3, 0.4) is 0 Å². The molecule has 0 saturated heterocycles. The first-order valence-corrected chi connectivity index (χ1v) is 7.22. The van der Waals surface area contributed by atoms with Crippen LogP contribution in [0.15, 0.2) is 18.2 Å². The van der Waals surface area contributed by atoms with E-state index < -0.39 is 17.4 Å². The average Bonchev–Trinajstić information content (AvgIpc) is 2.39. The fourth-order valence-corrected chi connectivity index (χ4v) is 3.11. The molecular formula is C14H15Cl2NO3. The van der Waals surface area contributed by atoms with Gasteiger partial charge in [0.15, 0.2) is 0 Å². The van der Waals surface area contributed by atoms with Crippen molar-refractivity contribution in [3.63, 3.8) is 0 Å². The molecule has 108 valence electrons. The third-order valence-electron chi connectivity index (χ3n) is 3.66. The highest BCUT2D eigenvalue weighted by molar-refractivity contribution is 6.39. The van der Waals surface area contributed by atoms with Crippen LogP contribution in [0.25, 0.3) is 0 Å². The molecule has 1 aromatic rings. The van der Waals surface area contributed by atoms with Crippen LogP contribution in [-0.2, 0) is 4.79 Å². The summed E-state index contributed by atoms with van der Waals surface area (Å²) in [7, 11) is 0. The highest BCUT2D eigenvalue weighted by atomic mass is 35.5. The van der Waals surface area contributed by atoms with Crippen LogP contribution < -0.4 is 5.32 Å². The van der Waals surface area contributed by atoms with Crippen LogP contribution in [0, 0.1) is 0 Å². The Bertz CT molecular complexity index is 519. The summed E-state index contributed by atoms with van der Waals surface area (Å²) < 4.78 is 0. The second-order valence-electron chi connectivity index (χ2n) is 5.00. The number of carboxylic acids is 1. The highest BCUT2D eigenvalue weighted by Crippen LogP contribution is 2.30. The molecule has 0 spiro atoms. The van der Waals surface area contributed by atoms with Crippen LogP contribution in [0.4, 0.5) is 0 Å². The summed E-state index contributed by atoms with van der Waals surface area (Å²) in [5.74, 6) is -1.54. The van der Waals surface area contributed by atoms with Gasteiger partial charge < -0.3 is 10.4 Å². The Kier molecular flexibility index (Phi) is 4.55. The molecule has 2 rings (SSSR count). The van der Waals surface area contributed by atoms with E-state index in [4.69, 9.17) is 23.2 Å². The molecule has 2 N–H and O–H groups in total. The summed E-state index contributed by atoms with van der Waals surface area (Å²) in [5.41, 5.74) is -1.08. The van der Waals surface area contributed by atoms with Crippen molar-refractivity contribution in [3.8, 4) is 0 Å². The number of carbonyl (C=O) groups is 2. The molecule has 0 aromatic heterocycles. The molecule has 1 fully saturated rings. The standard InChI is InChI=1S/C14H15Cl2NO3/c15-9-5-4-6-10(16)11(9)12(18)17-14(13(19)20)7-2-1-3-8-14/h4-6H,1-3,7-8H2,(H,17,18)(H,19,20). The molecule has 4 nitrogen and oxygen atoms in total. The van der Waals surface area contributed by atoms with E-state index in [2.05, 4.69) is 5.32 Å². The SMILES string of the molecule is O=C(NC1(C(=O)O)CCCCC1)c1c(Cl)cccc1Cl. The smallest absolute Gasteiger partial charge is 0.329 e. The van der Waals surface area contributed by atoms with Gasteiger partial charge in [0.1, 0.15) is 5.54 Å². The first-order chi connectivity index (χ1) is 9.46. The van der Waals surface area contributed by atoms with Crippen LogP contribution in [-0.4, -0.2) is 22.5 Å². The maximum absolute atomic E-state index is 12.3. The van der Waals surface area contributed by atoms with E-state index >= 15 is 0 Å². The molecule has 0 atom stereocenters. The highest BCUT2D eigenvalue weighted by Gasteiger charge is 2.41. The van der Waals surface area contributed by atoms with E-state index in [9.17, 15) is 14.7 Å². The molecule has 0 aliphatic heterocycles. The molecular weight excluding hydrogens is 301 g/mol. The van der Waals surface area contributed by atoms with Crippen LogP contribution >= 0.6 is 23.2 Å². The number of hydrogen-bond acceptors (Lipinski definition) is 2. The van der Waals surface area contributed by atoms with Gasteiger partial charge in [-0.2, -0.15) is 0 Å². The van der Waals surface area contributed by atoms with Gasteiger partial charge in [0.25, 0.3) is 5.91 Å². The zero-order valence-electron chi connectivity index (χ0n) is 10.8. The molecule has 1 aliphatic carbocycles. The van der Waals surface area contributed by atoms with Crippen molar-refractivity contribution in [1.29, 1.82) is 0 Å². The number of carbonyl (C=O) groups excluding carboxylic acids is 1. The first kappa shape index (κ1) is 15.1. The van der Waals surface area contributed by atoms with E-state index in [1.54, 1.807) is 18.2 Å². The largest absolute Gasteiger partial charge is 0.480 e. The predicted octanol–water partition coefficient (Wildman–Crippen LogP) is 3.51. The molecule has 0 bridgehead atoms. The maximum Gasteiger partial charge on any atom is 0.329 e. The normalized spacial score (nSPS) is 17.5. The number of amides is 1. The summed E-state index contributed by atoms with van der Waals surface area (Å²) in [4.78, 5) is 23.9. The lowest BCUT2D eigenvalue weighted by Crippen LogP contribution is -2.55. The third kappa shape index (κ3) is 2.91. The Morgan fingerprint density at radius 1 is 1.10 bits per heavy atom. The summed E-state index contributed by atoms with van der Waals surface area (Å²) in [6.45, 7) is 0. The molecule has 20 heavy (non-hydrogen) atoms. The van der Waals surface area contributed by atoms with Gasteiger partial charge in [-0.15, -0.1) is 0 Å². The first-order valence-electron chi connectivity index (χ1n) is 6.46. The number of halogens is 2. The Balaban J connectivity index is 2.27. The van der Waals surface area contributed by atoms with E-state index in [0.29, 0.717) is 12.8 Å². The van der Waals surface area contributed by atoms with Gasteiger partial charge in [-0.05, 0) is 25.0 Å².